The molecule has 1 aromatic carbocycles. The molecule has 0 aliphatic carbocycles. The molecule has 0 atom stereocenters. The smallest absolute Gasteiger partial charge is 0.358 e. The molecular formula is C16H17N3O2S. The van der Waals surface area contributed by atoms with E-state index in [1.807, 2.05) is 4.40 Å². The molecule has 0 unspecified atom stereocenters. The molecule has 0 radical (unpaired) electrons. The Morgan fingerprint density at radius 2 is 2.18 bits per heavy atom. The molecule has 0 N–H and O–H groups in total. The molecule has 3 heterocycles. The molecule has 5 nitrogen and oxygen atoms in total. The van der Waals surface area contributed by atoms with Crippen molar-refractivity contribution in [2.24, 2.45) is 0 Å². The number of hydrogen-bond donors (Lipinski definition) is 0. The quantitative estimate of drug-likeness (QED) is 0.696. The highest BCUT2D eigenvalue weighted by Crippen LogP contribution is 2.35. The van der Waals surface area contributed by atoms with Crippen LogP contribution in [0.5, 0.6) is 0 Å². The van der Waals surface area contributed by atoms with Crippen LogP contribution in [0.3, 0.4) is 0 Å². The predicted octanol–water partition coefficient (Wildman–Crippen LogP) is 3.33. The van der Waals surface area contributed by atoms with Crippen LogP contribution < -0.4 is 4.90 Å². The SMILES string of the molecule is CCOC(=O)c1cn2c(n1)sc1c(N3CCCC3)cccc12. The van der Waals surface area contributed by atoms with Crippen molar-refractivity contribution in [2.45, 2.75) is 19.8 Å². The lowest BCUT2D eigenvalue weighted by atomic mass is 10.2. The van der Waals surface area contributed by atoms with E-state index in [-0.39, 0.29) is 5.97 Å². The molecule has 4 rings (SSSR count). The Morgan fingerprint density at radius 3 is 2.95 bits per heavy atom. The van der Waals surface area contributed by atoms with Gasteiger partial charge in [-0.05, 0) is 31.9 Å². The molecule has 1 fully saturated rings. The van der Waals surface area contributed by atoms with Crippen LogP contribution in [0.1, 0.15) is 30.3 Å². The molecule has 1 aliphatic rings. The van der Waals surface area contributed by atoms with E-state index in [9.17, 15) is 4.79 Å². The first-order valence-electron chi connectivity index (χ1n) is 7.60. The molecule has 114 valence electrons. The summed E-state index contributed by atoms with van der Waals surface area (Å²) in [5, 5.41) is 0. The van der Waals surface area contributed by atoms with Crippen molar-refractivity contribution < 1.29 is 9.53 Å². The number of benzene rings is 1. The fourth-order valence-electron chi connectivity index (χ4n) is 3.02. The van der Waals surface area contributed by atoms with E-state index >= 15 is 0 Å². The topological polar surface area (TPSA) is 46.8 Å². The Hall–Kier alpha value is -2.08. The number of anilines is 1. The van der Waals surface area contributed by atoms with Gasteiger partial charge in [0, 0.05) is 19.3 Å². The summed E-state index contributed by atoms with van der Waals surface area (Å²) in [5.41, 5.74) is 2.76. The van der Waals surface area contributed by atoms with Crippen LogP contribution in [0.4, 0.5) is 5.69 Å². The fourth-order valence-corrected chi connectivity index (χ4v) is 4.17. The summed E-state index contributed by atoms with van der Waals surface area (Å²) in [6, 6.07) is 6.33. The summed E-state index contributed by atoms with van der Waals surface area (Å²) in [7, 11) is 0. The molecule has 1 saturated heterocycles. The van der Waals surface area contributed by atoms with Gasteiger partial charge in [-0.1, -0.05) is 17.4 Å². The molecule has 3 aromatic rings. The lowest BCUT2D eigenvalue weighted by molar-refractivity contribution is 0.0520. The number of hydrogen-bond acceptors (Lipinski definition) is 5. The number of nitrogens with zero attached hydrogens (tertiary/aromatic N) is 3. The van der Waals surface area contributed by atoms with Crippen LogP contribution in [-0.4, -0.2) is 35.1 Å². The van der Waals surface area contributed by atoms with Crippen LogP contribution in [-0.2, 0) is 4.74 Å². The lowest BCUT2D eigenvalue weighted by Crippen LogP contribution is -2.17. The summed E-state index contributed by atoms with van der Waals surface area (Å²) in [4.78, 5) is 19.5. The number of carbonyl (C=O) groups excluding carboxylic acids is 1. The third-order valence-electron chi connectivity index (χ3n) is 4.03. The number of fused-ring (bicyclic) bond motifs is 3. The van der Waals surface area contributed by atoms with Gasteiger partial charge in [-0.25, -0.2) is 9.78 Å². The summed E-state index contributed by atoms with van der Waals surface area (Å²) in [5.74, 6) is -0.359. The zero-order valence-corrected chi connectivity index (χ0v) is 13.2. The lowest BCUT2D eigenvalue weighted by Gasteiger charge is -2.17. The largest absolute Gasteiger partial charge is 0.461 e. The predicted molar refractivity (Wildman–Crippen MR) is 88.0 cm³/mol. The van der Waals surface area contributed by atoms with Crippen LogP contribution in [0, 0.1) is 0 Å². The Balaban J connectivity index is 1.83. The Labute approximate surface area is 132 Å². The molecule has 0 spiro atoms. The minimum Gasteiger partial charge on any atom is -0.461 e. The summed E-state index contributed by atoms with van der Waals surface area (Å²) in [6.07, 6.45) is 4.29. The highest BCUT2D eigenvalue weighted by atomic mass is 32.1. The Bertz CT molecular complexity index is 846. The van der Waals surface area contributed by atoms with Gasteiger partial charge >= 0.3 is 5.97 Å². The van der Waals surface area contributed by atoms with Crippen LogP contribution >= 0.6 is 11.3 Å². The van der Waals surface area contributed by atoms with Crippen LogP contribution in [0.25, 0.3) is 15.2 Å². The van der Waals surface area contributed by atoms with Gasteiger partial charge in [0.05, 0.1) is 22.5 Å². The molecule has 0 amide bonds. The van der Waals surface area contributed by atoms with Gasteiger partial charge in [0.25, 0.3) is 0 Å². The van der Waals surface area contributed by atoms with Gasteiger partial charge in [-0.15, -0.1) is 0 Å². The van der Waals surface area contributed by atoms with Gasteiger partial charge in [0.2, 0.25) is 0 Å². The number of aromatic nitrogens is 2. The van der Waals surface area contributed by atoms with Gasteiger partial charge in [-0.3, -0.25) is 4.40 Å². The number of esters is 1. The molecule has 22 heavy (non-hydrogen) atoms. The molecule has 0 saturated carbocycles. The zero-order chi connectivity index (χ0) is 15.1. The number of imidazole rings is 1. The Morgan fingerprint density at radius 1 is 1.36 bits per heavy atom. The van der Waals surface area contributed by atoms with Crippen LogP contribution in [0.15, 0.2) is 24.4 Å². The third-order valence-corrected chi connectivity index (χ3v) is 5.12. The first kappa shape index (κ1) is 13.6. The minimum absolute atomic E-state index is 0.359. The maximum atomic E-state index is 11.8. The summed E-state index contributed by atoms with van der Waals surface area (Å²) < 4.78 is 8.26. The minimum atomic E-state index is -0.359. The molecule has 2 aromatic heterocycles. The standard InChI is InChI=1S/C16H17N3O2S/c1-2-21-15(20)11-10-19-13-7-5-6-12(18-8-3-4-9-18)14(13)22-16(19)17-11/h5-7,10H,2-4,8-9H2,1H3. The second-order valence-electron chi connectivity index (χ2n) is 5.42. The monoisotopic (exact) mass is 315 g/mol. The van der Waals surface area contributed by atoms with E-state index in [0.29, 0.717) is 12.3 Å². The van der Waals surface area contributed by atoms with Crippen LogP contribution in [0.2, 0.25) is 0 Å². The summed E-state index contributed by atoms with van der Waals surface area (Å²) >= 11 is 1.63. The first-order valence-corrected chi connectivity index (χ1v) is 8.42. The number of carbonyl (C=O) groups is 1. The van der Waals surface area contributed by atoms with Crippen molar-refractivity contribution in [1.82, 2.24) is 9.38 Å². The van der Waals surface area contributed by atoms with Crippen molar-refractivity contribution in [3.8, 4) is 0 Å². The molecule has 6 heteroatoms. The molecule has 0 bridgehead atoms. The van der Waals surface area contributed by atoms with E-state index in [2.05, 4.69) is 28.1 Å². The molecular weight excluding hydrogens is 298 g/mol. The van der Waals surface area contributed by atoms with E-state index in [1.54, 1.807) is 24.5 Å². The van der Waals surface area contributed by atoms with Crippen molar-refractivity contribution in [2.75, 3.05) is 24.6 Å². The van der Waals surface area contributed by atoms with E-state index in [1.165, 1.54) is 23.2 Å². The van der Waals surface area contributed by atoms with Crippen molar-refractivity contribution in [1.29, 1.82) is 0 Å². The van der Waals surface area contributed by atoms with Gasteiger partial charge in [0.15, 0.2) is 10.7 Å². The van der Waals surface area contributed by atoms with Crippen molar-refractivity contribution in [3.05, 3.63) is 30.1 Å². The number of rotatable bonds is 3. The second kappa shape index (κ2) is 5.28. The molecule has 1 aliphatic heterocycles. The maximum absolute atomic E-state index is 11.8. The summed E-state index contributed by atoms with van der Waals surface area (Å²) in [6.45, 7) is 4.40. The van der Waals surface area contributed by atoms with Gasteiger partial charge in [0.1, 0.15) is 0 Å². The number of thiazole rings is 1. The van der Waals surface area contributed by atoms with E-state index in [0.717, 1.165) is 23.6 Å². The van der Waals surface area contributed by atoms with Gasteiger partial charge < -0.3 is 9.64 Å². The zero-order valence-electron chi connectivity index (χ0n) is 12.4. The first-order chi connectivity index (χ1) is 10.8. The highest BCUT2D eigenvalue weighted by molar-refractivity contribution is 7.24. The number of ether oxygens (including phenoxy) is 1. The van der Waals surface area contributed by atoms with E-state index in [4.69, 9.17) is 4.74 Å². The Kier molecular flexibility index (Phi) is 3.26. The van der Waals surface area contributed by atoms with Gasteiger partial charge in [-0.2, -0.15) is 0 Å². The van der Waals surface area contributed by atoms with E-state index < -0.39 is 0 Å². The average molecular weight is 315 g/mol. The second-order valence-corrected chi connectivity index (χ2v) is 6.40. The fraction of sp³-hybridized carbons (Fsp3) is 0.375. The average Bonchev–Trinajstić information content (AvgIpc) is 3.22. The maximum Gasteiger partial charge on any atom is 0.358 e. The normalized spacial score (nSPS) is 15.0. The van der Waals surface area contributed by atoms with Crippen molar-refractivity contribution >= 4 is 38.2 Å². The van der Waals surface area contributed by atoms with Crippen molar-refractivity contribution in [3.63, 3.8) is 0 Å². The third kappa shape index (κ3) is 2.06. The highest BCUT2D eigenvalue weighted by Gasteiger charge is 2.19.